The summed E-state index contributed by atoms with van der Waals surface area (Å²) < 4.78 is 14.0. The smallest absolute Gasteiger partial charge is 0.271 e. The second kappa shape index (κ2) is 7.49. The molecule has 4 N–H and O–H groups in total. The average molecular weight is 360 g/mol. The maximum atomic E-state index is 13.3. The highest BCUT2D eigenvalue weighted by Crippen LogP contribution is 2.25. The van der Waals surface area contributed by atoms with Crippen LogP contribution in [0.15, 0.2) is 29.9 Å². The molecule has 0 saturated carbocycles. The third-order valence-corrected chi connectivity index (χ3v) is 4.43. The van der Waals surface area contributed by atoms with E-state index in [9.17, 15) is 9.18 Å². The van der Waals surface area contributed by atoms with Crippen LogP contribution in [0.4, 0.5) is 10.3 Å². The van der Waals surface area contributed by atoms with Crippen molar-refractivity contribution in [3.63, 3.8) is 0 Å². The van der Waals surface area contributed by atoms with Crippen LogP contribution in [0.25, 0.3) is 10.2 Å². The standard InChI is InChI=1S/C16H17FN6OS/c1-9(10-6-11(17)8-19-7-10)21-16-22-12-2-5-25-14(12)13(23-16)15(24)20-4-3-18/h2,5-9H,3-4,18H2,1H3,(H,20,24)(H,21,22,23)/t9-/m0/s1. The van der Waals surface area contributed by atoms with E-state index in [0.29, 0.717) is 40.5 Å². The van der Waals surface area contributed by atoms with Crippen molar-refractivity contribution >= 4 is 33.4 Å². The Hall–Kier alpha value is -2.65. The fraction of sp³-hybridized carbons (Fsp3) is 0.250. The zero-order valence-electron chi connectivity index (χ0n) is 13.5. The largest absolute Gasteiger partial charge is 0.349 e. The van der Waals surface area contributed by atoms with Crippen LogP contribution in [0, 0.1) is 5.82 Å². The molecule has 3 aromatic heterocycles. The van der Waals surface area contributed by atoms with Gasteiger partial charge in [-0.2, -0.15) is 0 Å². The summed E-state index contributed by atoms with van der Waals surface area (Å²) in [6.45, 7) is 2.55. The molecule has 0 aliphatic rings. The van der Waals surface area contributed by atoms with E-state index < -0.39 is 5.82 Å². The predicted octanol–water partition coefficient (Wildman–Crippen LogP) is 2.09. The lowest BCUT2D eigenvalue weighted by Crippen LogP contribution is -2.30. The zero-order valence-corrected chi connectivity index (χ0v) is 14.3. The molecule has 1 amide bonds. The number of aromatic nitrogens is 3. The van der Waals surface area contributed by atoms with Gasteiger partial charge in [0, 0.05) is 19.3 Å². The molecule has 0 radical (unpaired) electrons. The number of carbonyl (C=O) groups is 1. The van der Waals surface area contributed by atoms with Crippen molar-refractivity contribution in [3.05, 3.63) is 47.0 Å². The van der Waals surface area contributed by atoms with E-state index in [4.69, 9.17) is 5.73 Å². The number of nitrogens with one attached hydrogen (secondary N) is 2. The number of fused-ring (bicyclic) bond motifs is 1. The first-order valence-electron chi connectivity index (χ1n) is 7.69. The lowest BCUT2D eigenvalue weighted by atomic mass is 10.1. The van der Waals surface area contributed by atoms with Crippen molar-refractivity contribution in [2.24, 2.45) is 5.73 Å². The maximum Gasteiger partial charge on any atom is 0.271 e. The number of hydrogen-bond acceptors (Lipinski definition) is 7. The number of carbonyl (C=O) groups excluding carboxylic acids is 1. The predicted molar refractivity (Wildman–Crippen MR) is 95.0 cm³/mol. The molecule has 1 atom stereocenters. The highest BCUT2D eigenvalue weighted by atomic mass is 32.1. The molecule has 9 heteroatoms. The van der Waals surface area contributed by atoms with Crippen molar-refractivity contribution in [2.45, 2.75) is 13.0 Å². The van der Waals surface area contributed by atoms with Gasteiger partial charge in [0.15, 0.2) is 5.69 Å². The summed E-state index contributed by atoms with van der Waals surface area (Å²) in [5.74, 6) is -0.425. The topological polar surface area (TPSA) is 106 Å². The van der Waals surface area contributed by atoms with E-state index in [2.05, 4.69) is 25.6 Å². The zero-order chi connectivity index (χ0) is 17.8. The summed E-state index contributed by atoms with van der Waals surface area (Å²) in [5, 5.41) is 7.66. The number of rotatable bonds is 6. The third-order valence-electron chi connectivity index (χ3n) is 3.52. The molecule has 0 bridgehead atoms. The molecule has 0 unspecified atom stereocenters. The Labute approximate surface area is 147 Å². The van der Waals surface area contributed by atoms with Crippen molar-refractivity contribution in [1.29, 1.82) is 0 Å². The van der Waals surface area contributed by atoms with Crippen LogP contribution in [0.5, 0.6) is 0 Å². The Bertz CT molecular complexity index is 899. The van der Waals surface area contributed by atoms with E-state index >= 15 is 0 Å². The van der Waals surface area contributed by atoms with Crippen molar-refractivity contribution in [2.75, 3.05) is 18.4 Å². The Morgan fingerprint density at radius 1 is 1.40 bits per heavy atom. The minimum absolute atomic E-state index is 0.278. The number of halogens is 1. The van der Waals surface area contributed by atoms with Gasteiger partial charge in [0.1, 0.15) is 5.82 Å². The fourth-order valence-electron chi connectivity index (χ4n) is 2.29. The van der Waals surface area contributed by atoms with E-state index in [1.807, 2.05) is 18.4 Å². The summed E-state index contributed by atoms with van der Waals surface area (Å²) in [6, 6.07) is 2.93. The molecule has 3 aromatic rings. The van der Waals surface area contributed by atoms with Gasteiger partial charge in [-0.05, 0) is 30.0 Å². The van der Waals surface area contributed by atoms with Crippen LogP contribution < -0.4 is 16.4 Å². The molecular formula is C16H17FN6OS. The molecule has 0 fully saturated rings. The van der Waals surface area contributed by atoms with Crippen LogP contribution in [0.2, 0.25) is 0 Å². The first-order valence-corrected chi connectivity index (χ1v) is 8.57. The van der Waals surface area contributed by atoms with Gasteiger partial charge in [0.25, 0.3) is 5.91 Å². The average Bonchev–Trinajstić information content (AvgIpc) is 3.07. The molecule has 3 heterocycles. The minimum Gasteiger partial charge on any atom is -0.349 e. The minimum atomic E-state index is -0.415. The molecule has 25 heavy (non-hydrogen) atoms. The van der Waals surface area contributed by atoms with Gasteiger partial charge >= 0.3 is 0 Å². The van der Waals surface area contributed by atoms with Gasteiger partial charge in [-0.15, -0.1) is 11.3 Å². The summed E-state index contributed by atoms with van der Waals surface area (Å²) >= 11 is 1.40. The van der Waals surface area contributed by atoms with E-state index in [0.717, 1.165) is 6.20 Å². The Kier molecular flexibility index (Phi) is 5.15. The van der Waals surface area contributed by atoms with Crippen molar-refractivity contribution in [3.8, 4) is 0 Å². The number of pyridine rings is 1. The maximum absolute atomic E-state index is 13.3. The molecule has 0 aromatic carbocycles. The summed E-state index contributed by atoms with van der Waals surface area (Å²) in [4.78, 5) is 24.9. The van der Waals surface area contributed by atoms with Crippen LogP contribution in [-0.2, 0) is 0 Å². The Morgan fingerprint density at radius 2 is 2.24 bits per heavy atom. The third kappa shape index (κ3) is 3.89. The molecule has 0 aliphatic heterocycles. The number of anilines is 1. The first-order chi connectivity index (χ1) is 12.1. The monoisotopic (exact) mass is 360 g/mol. The number of thiophene rings is 1. The summed E-state index contributed by atoms with van der Waals surface area (Å²) in [7, 11) is 0. The first kappa shape index (κ1) is 17.2. The summed E-state index contributed by atoms with van der Waals surface area (Å²) in [6.07, 6.45) is 2.71. The van der Waals surface area contributed by atoms with Crippen LogP contribution in [-0.4, -0.2) is 33.9 Å². The molecular weight excluding hydrogens is 343 g/mol. The molecule has 0 saturated heterocycles. The molecule has 130 valence electrons. The lowest BCUT2D eigenvalue weighted by Gasteiger charge is -2.15. The normalized spacial score (nSPS) is 12.1. The number of nitrogens with two attached hydrogens (primary N) is 1. The molecule has 3 rings (SSSR count). The van der Waals surface area contributed by atoms with E-state index in [-0.39, 0.29) is 11.9 Å². The second-order valence-corrected chi connectivity index (χ2v) is 6.29. The van der Waals surface area contributed by atoms with Gasteiger partial charge in [-0.3, -0.25) is 9.78 Å². The molecule has 0 aliphatic carbocycles. The highest BCUT2D eigenvalue weighted by molar-refractivity contribution is 7.17. The molecule has 7 nitrogen and oxygen atoms in total. The van der Waals surface area contributed by atoms with Gasteiger partial charge in [-0.25, -0.2) is 14.4 Å². The summed E-state index contributed by atoms with van der Waals surface area (Å²) in [5.41, 5.74) is 7.05. The SMILES string of the molecule is C[C@H](Nc1nc(C(=O)NCCN)c2sccc2n1)c1cncc(F)c1. The van der Waals surface area contributed by atoms with E-state index in [1.165, 1.54) is 17.4 Å². The van der Waals surface area contributed by atoms with Crippen LogP contribution in [0.3, 0.4) is 0 Å². The van der Waals surface area contributed by atoms with Gasteiger partial charge in [-0.1, -0.05) is 0 Å². The van der Waals surface area contributed by atoms with Crippen LogP contribution >= 0.6 is 11.3 Å². The van der Waals surface area contributed by atoms with Crippen molar-refractivity contribution < 1.29 is 9.18 Å². The van der Waals surface area contributed by atoms with Crippen LogP contribution in [0.1, 0.15) is 29.0 Å². The van der Waals surface area contributed by atoms with E-state index in [1.54, 1.807) is 6.20 Å². The quantitative estimate of drug-likeness (QED) is 0.621. The fourth-order valence-corrected chi connectivity index (χ4v) is 3.11. The molecule has 0 spiro atoms. The second-order valence-electron chi connectivity index (χ2n) is 5.38. The van der Waals surface area contributed by atoms with Crippen molar-refractivity contribution in [1.82, 2.24) is 20.3 Å². The Balaban J connectivity index is 1.90. The number of amides is 1. The van der Waals surface area contributed by atoms with Gasteiger partial charge < -0.3 is 16.4 Å². The number of nitrogens with zero attached hydrogens (tertiary/aromatic N) is 3. The Morgan fingerprint density at radius 3 is 3.00 bits per heavy atom. The lowest BCUT2D eigenvalue weighted by molar-refractivity contribution is 0.0952. The highest BCUT2D eigenvalue weighted by Gasteiger charge is 2.17. The number of hydrogen-bond donors (Lipinski definition) is 3. The van der Waals surface area contributed by atoms with Gasteiger partial charge in [0.2, 0.25) is 5.95 Å². The van der Waals surface area contributed by atoms with Gasteiger partial charge in [0.05, 0.1) is 22.5 Å².